The summed E-state index contributed by atoms with van der Waals surface area (Å²) >= 11 is 0. The van der Waals surface area contributed by atoms with Gasteiger partial charge in [0.1, 0.15) is 5.69 Å². The molecule has 0 aliphatic rings. The highest BCUT2D eigenvalue weighted by Crippen LogP contribution is 2.13. The highest BCUT2D eigenvalue weighted by atomic mass is 16.1. The van der Waals surface area contributed by atoms with Gasteiger partial charge in [-0.05, 0) is 24.5 Å². The minimum absolute atomic E-state index is 0.0498. The fraction of sp³-hybridized carbons (Fsp3) is 0.500. The van der Waals surface area contributed by atoms with E-state index in [4.69, 9.17) is 5.73 Å². The fourth-order valence-electron chi connectivity index (χ4n) is 1.44. The summed E-state index contributed by atoms with van der Waals surface area (Å²) in [6, 6.07) is 3.45. The first-order valence-electron chi connectivity index (χ1n) is 5.35. The molecule has 1 aromatic heterocycles. The van der Waals surface area contributed by atoms with Gasteiger partial charge in [-0.2, -0.15) is 0 Å². The molecule has 15 heavy (non-hydrogen) atoms. The summed E-state index contributed by atoms with van der Waals surface area (Å²) in [5, 5.41) is 0. The van der Waals surface area contributed by atoms with E-state index >= 15 is 0 Å². The van der Waals surface area contributed by atoms with Gasteiger partial charge in [-0.1, -0.05) is 20.3 Å². The van der Waals surface area contributed by atoms with Crippen molar-refractivity contribution in [3.63, 3.8) is 0 Å². The summed E-state index contributed by atoms with van der Waals surface area (Å²) in [4.78, 5) is 15.7. The molecule has 0 saturated carbocycles. The molecule has 0 radical (unpaired) electrons. The number of carbonyl (C=O) groups is 1. The zero-order valence-electron chi connectivity index (χ0n) is 9.36. The third-order valence-electron chi connectivity index (χ3n) is 2.29. The van der Waals surface area contributed by atoms with E-state index in [1.54, 1.807) is 18.3 Å². The van der Waals surface area contributed by atoms with Gasteiger partial charge in [-0.25, -0.2) is 0 Å². The first-order valence-corrected chi connectivity index (χ1v) is 5.35. The number of anilines is 1. The minimum atomic E-state index is 0.0498. The van der Waals surface area contributed by atoms with Crippen LogP contribution < -0.4 is 5.73 Å². The molecule has 0 aliphatic carbocycles. The predicted molar refractivity (Wildman–Crippen MR) is 61.7 cm³/mol. The van der Waals surface area contributed by atoms with Crippen LogP contribution in [-0.4, -0.2) is 10.8 Å². The van der Waals surface area contributed by atoms with Crippen LogP contribution in [0.3, 0.4) is 0 Å². The van der Waals surface area contributed by atoms with Gasteiger partial charge in [0, 0.05) is 12.6 Å². The Morgan fingerprint density at radius 2 is 2.27 bits per heavy atom. The summed E-state index contributed by atoms with van der Waals surface area (Å²) in [5.41, 5.74) is 6.57. The van der Waals surface area contributed by atoms with Crippen molar-refractivity contribution in [1.82, 2.24) is 4.98 Å². The van der Waals surface area contributed by atoms with E-state index < -0.39 is 0 Å². The van der Waals surface area contributed by atoms with Crippen LogP contribution in [0.1, 0.15) is 43.6 Å². The quantitative estimate of drug-likeness (QED) is 0.753. The Hall–Kier alpha value is -1.38. The molecular weight excluding hydrogens is 188 g/mol. The molecule has 0 fully saturated rings. The van der Waals surface area contributed by atoms with Crippen molar-refractivity contribution < 1.29 is 4.79 Å². The maximum Gasteiger partial charge on any atom is 0.183 e. The minimum Gasteiger partial charge on any atom is -0.397 e. The second-order valence-electron chi connectivity index (χ2n) is 4.15. The molecule has 82 valence electrons. The summed E-state index contributed by atoms with van der Waals surface area (Å²) in [6.07, 6.45) is 4.12. The Bertz CT molecular complexity index is 334. The maximum atomic E-state index is 11.7. The molecule has 0 aromatic carbocycles. The molecule has 1 rings (SSSR count). The molecule has 0 unspecified atom stereocenters. The lowest BCUT2D eigenvalue weighted by Crippen LogP contribution is -2.06. The Morgan fingerprint density at radius 3 is 2.87 bits per heavy atom. The van der Waals surface area contributed by atoms with Crippen molar-refractivity contribution in [2.45, 2.75) is 33.1 Å². The van der Waals surface area contributed by atoms with E-state index in [2.05, 4.69) is 18.8 Å². The second kappa shape index (κ2) is 5.49. The third-order valence-corrected chi connectivity index (χ3v) is 2.29. The average Bonchev–Trinajstić information content (AvgIpc) is 2.17. The van der Waals surface area contributed by atoms with Crippen molar-refractivity contribution in [3.05, 3.63) is 24.0 Å². The number of hydrogen-bond donors (Lipinski definition) is 1. The van der Waals surface area contributed by atoms with Crippen LogP contribution in [0, 0.1) is 5.92 Å². The number of nitrogens with zero attached hydrogens (tertiary/aromatic N) is 1. The molecule has 2 N–H and O–H groups in total. The van der Waals surface area contributed by atoms with Gasteiger partial charge in [-0.15, -0.1) is 0 Å². The van der Waals surface area contributed by atoms with E-state index in [0.717, 1.165) is 12.8 Å². The van der Waals surface area contributed by atoms with Crippen LogP contribution in [0.4, 0.5) is 5.69 Å². The smallest absolute Gasteiger partial charge is 0.183 e. The molecule has 0 amide bonds. The summed E-state index contributed by atoms with van der Waals surface area (Å²) in [5.74, 6) is 0.688. The van der Waals surface area contributed by atoms with Crippen LogP contribution in [-0.2, 0) is 0 Å². The van der Waals surface area contributed by atoms with Gasteiger partial charge in [0.25, 0.3) is 0 Å². The summed E-state index contributed by atoms with van der Waals surface area (Å²) < 4.78 is 0. The van der Waals surface area contributed by atoms with Crippen LogP contribution in [0.15, 0.2) is 18.3 Å². The lowest BCUT2D eigenvalue weighted by atomic mass is 10.0. The summed E-state index contributed by atoms with van der Waals surface area (Å²) in [7, 11) is 0. The Morgan fingerprint density at radius 1 is 1.53 bits per heavy atom. The van der Waals surface area contributed by atoms with E-state index in [0.29, 0.717) is 23.7 Å². The van der Waals surface area contributed by atoms with E-state index in [1.165, 1.54) is 0 Å². The zero-order valence-corrected chi connectivity index (χ0v) is 9.36. The van der Waals surface area contributed by atoms with Gasteiger partial charge in [0.15, 0.2) is 5.78 Å². The lowest BCUT2D eigenvalue weighted by molar-refractivity contribution is 0.0974. The number of ketones is 1. The number of carbonyl (C=O) groups excluding carboxylic acids is 1. The Balaban J connectivity index is 2.51. The predicted octanol–water partition coefficient (Wildman–Crippen LogP) is 2.67. The third kappa shape index (κ3) is 3.70. The van der Waals surface area contributed by atoms with Crippen LogP contribution in [0.5, 0.6) is 0 Å². The molecule has 0 bridgehead atoms. The fourth-order valence-corrected chi connectivity index (χ4v) is 1.44. The van der Waals surface area contributed by atoms with Gasteiger partial charge < -0.3 is 5.73 Å². The molecule has 1 aromatic rings. The van der Waals surface area contributed by atoms with Gasteiger partial charge in [0.05, 0.1) is 5.69 Å². The van der Waals surface area contributed by atoms with E-state index in [-0.39, 0.29) is 5.78 Å². The van der Waals surface area contributed by atoms with Crippen molar-refractivity contribution in [3.8, 4) is 0 Å². The van der Waals surface area contributed by atoms with Gasteiger partial charge >= 0.3 is 0 Å². The van der Waals surface area contributed by atoms with E-state index in [1.807, 2.05) is 0 Å². The monoisotopic (exact) mass is 206 g/mol. The number of aromatic nitrogens is 1. The first kappa shape index (κ1) is 11.7. The SMILES string of the molecule is CC(C)CCCC(=O)c1ncccc1N. The maximum absolute atomic E-state index is 11.7. The van der Waals surface area contributed by atoms with E-state index in [9.17, 15) is 4.79 Å². The molecule has 3 nitrogen and oxygen atoms in total. The van der Waals surface area contributed by atoms with Crippen molar-refractivity contribution in [2.75, 3.05) is 5.73 Å². The number of nitrogens with two attached hydrogens (primary N) is 1. The number of rotatable bonds is 5. The van der Waals surface area contributed by atoms with Crippen LogP contribution >= 0.6 is 0 Å². The first-order chi connectivity index (χ1) is 7.11. The average molecular weight is 206 g/mol. The number of Topliss-reactive ketones (excluding diaryl/α,β-unsaturated/α-hetero) is 1. The second-order valence-corrected chi connectivity index (χ2v) is 4.15. The lowest BCUT2D eigenvalue weighted by Gasteiger charge is -2.05. The number of hydrogen-bond acceptors (Lipinski definition) is 3. The largest absolute Gasteiger partial charge is 0.397 e. The molecule has 1 heterocycles. The normalized spacial score (nSPS) is 10.6. The highest BCUT2D eigenvalue weighted by Gasteiger charge is 2.10. The number of nitrogen functional groups attached to an aromatic ring is 1. The molecule has 0 aliphatic heterocycles. The zero-order chi connectivity index (χ0) is 11.3. The molecular formula is C12H18N2O. The van der Waals surface area contributed by atoms with Crippen LogP contribution in [0.25, 0.3) is 0 Å². The highest BCUT2D eigenvalue weighted by molar-refractivity contribution is 5.98. The topological polar surface area (TPSA) is 56.0 Å². The van der Waals surface area contributed by atoms with Crippen LogP contribution in [0.2, 0.25) is 0 Å². The van der Waals surface area contributed by atoms with Crippen molar-refractivity contribution >= 4 is 11.5 Å². The summed E-state index contributed by atoms with van der Waals surface area (Å²) in [6.45, 7) is 4.30. The molecule has 0 saturated heterocycles. The molecule has 0 atom stereocenters. The number of pyridine rings is 1. The molecule has 3 heteroatoms. The Labute approximate surface area is 90.7 Å². The standard InChI is InChI=1S/C12H18N2O/c1-9(2)5-3-7-11(15)12-10(13)6-4-8-14-12/h4,6,8-9H,3,5,7,13H2,1-2H3. The van der Waals surface area contributed by atoms with Crippen molar-refractivity contribution in [1.29, 1.82) is 0 Å². The Kier molecular flexibility index (Phi) is 4.28. The van der Waals surface area contributed by atoms with Gasteiger partial charge in [-0.3, -0.25) is 9.78 Å². The van der Waals surface area contributed by atoms with Gasteiger partial charge in [0.2, 0.25) is 0 Å². The van der Waals surface area contributed by atoms with Crippen molar-refractivity contribution in [2.24, 2.45) is 5.92 Å². The molecule has 0 spiro atoms.